The molecule has 1 aromatic heterocycles. The summed E-state index contributed by atoms with van der Waals surface area (Å²) in [6.07, 6.45) is 2.39. The first-order valence-electron chi connectivity index (χ1n) is 8.66. The van der Waals surface area contributed by atoms with Crippen molar-refractivity contribution in [2.24, 2.45) is 5.92 Å². The van der Waals surface area contributed by atoms with Crippen LogP contribution in [0.25, 0.3) is 0 Å². The molecule has 132 valence electrons. The van der Waals surface area contributed by atoms with Crippen LogP contribution in [0.5, 0.6) is 15.9 Å². The topological polar surface area (TPSA) is 50.8 Å². The lowest BCUT2D eigenvalue weighted by molar-refractivity contribution is 0.0620. The SMILES string of the molecule is COc1ccc(Oc2ccc(C(=O)N[C@H]3CN4CCC3CC4)cc2)s1. The Labute approximate surface area is 151 Å². The lowest BCUT2D eigenvalue weighted by Gasteiger charge is -2.44. The number of rotatable bonds is 5. The average Bonchev–Trinajstić information content (AvgIpc) is 3.11. The fourth-order valence-corrected chi connectivity index (χ4v) is 4.33. The van der Waals surface area contributed by atoms with E-state index in [0.717, 1.165) is 16.7 Å². The second-order valence-corrected chi connectivity index (χ2v) is 7.63. The van der Waals surface area contributed by atoms with Crippen LogP contribution in [0.1, 0.15) is 23.2 Å². The third kappa shape index (κ3) is 3.65. The van der Waals surface area contributed by atoms with E-state index in [4.69, 9.17) is 9.47 Å². The Morgan fingerprint density at radius 2 is 1.84 bits per heavy atom. The molecule has 1 aromatic carbocycles. The summed E-state index contributed by atoms with van der Waals surface area (Å²) in [6, 6.07) is 11.3. The molecule has 3 saturated heterocycles. The molecular weight excluding hydrogens is 336 g/mol. The first-order chi connectivity index (χ1) is 12.2. The van der Waals surface area contributed by atoms with Crippen molar-refractivity contribution in [3.8, 4) is 15.9 Å². The minimum Gasteiger partial charge on any atom is -0.487 e. The van der Waals surface area contributed by atoms with Gasteiger partial charge in [-0.1, -0.05) is 11.3 Å². The minimum atomic E-state index is 0.00286. The van der Waals surface area contributed by atoms with Gasteiger partial charge in [0.25, 0.3) is 5.91 Å². The molecule has 0 radical (unpaired) electrons. The minimum absolute atomic E-state index is 0.00286. The third-order valence-electron chi connectivity index (χ3n) is 5.07. The fraction of sp³-hybridized carbons (Fsp3) is 0.421. The van der Waals surface area contributed by atoms with E-state index in [9.17, 15) is 4.79 Å². The van der Waals surface area contributed by atoms with Gasteiger partial charge in [0.2, 0.25) is 0 Å². The van der Waals surface area contributed by atoms with Gasteiger partial charge in [-0.05, 0) is 68.2 Å². The number of ether oxygens (including phenoxy) is 2. The number of hydrogen-bond donors (Lipinski definition) is 1. The average molecular weight is 358 g/mol. The zero-order valence-electron chi connectivity index (χ0n) is 14.2. The van der Waals surface area contributed by atoms with Gasteiger partial charge in [0.05, 0.1) is 7.11 Å². The van der Waals surface area contributed by atoms with Crippen molar-refractivity contribution < 1.29 is 14.3 Å². The maximum atomic E-state index is 12.5. The van der Waals surface area contributed by atoms with E-state index in [2.05, 4.69) is 10.2 Å². The van der Waals surface area contributed by atoms with Crippen LogP contribution in [0, 0.1) is 5.92 Å². The number of carbonyl (C=O) groups excluding carboxylic acids is 1. The summed E-state index contributed by atoms with van der Waals surface area (Å²) in [5.74, 6) is 1.34. The fourth-order valence-electron chi connectivity index (χ4n) is 3.64. The predicted molar refractivity (Wildman–Crippen MR) is 97.8 cm³/mol. The molecule has 25 heavy (non-hydrogen) atoms. The van der Waals surface area contributed by atoms with Crippen LogP contribution < -0.4 is 14.8 Å². The van der Waals surface area contributed by atoms with Crippen LogP contribution in [0.2, 0.25) is 0 Å². The van der Waals surface area contributed by atoms with Crippen LogP contribution in [0.4, 0.5) is 0 Å². The van der Waals surface area contributed by atoms with Gasteiger partial charge in [0, 0.05) is 18.2 Å². The Hall–Kier alpha value is -2.05. The maximum absolute atomic E-state index is 12.5. The van der Waals surface area contributed by atoms with Crippen molar-refractivity contribution in [1.29, 1.82) is 0 Å². The Morgan fingerprint density at radius 3 is 2.44 bits per heavy atom. The molecule has 0 aliphatic carbocycles. The number of nitrogens with zero attached hydrogens (tertiary/aromatic N) is 1. The lowest BCUT2D eigenvalue weighted by Crippen LogP contribution is -2.57. The Morgan fingerprint density at radius 1 is 1.12 bits per heavy atom. The molecule has 5 rings (SSSR count). The largest absolute Gasteiger partial charge is 0.487 e. The van der Waals surface area contributed by atoms with Crippen molar-refractivity contribution >= 4 is 17.2 Å². The lowest BCUT2D eigenvalue weighted by atomic mass is 9.84. The second kappa shape index (κ2) is 7.06. The van der Waals surface area contributed by atoms with Gasteiger partial charge in [-0.15, -0.1) is 0 Å². The van der Waals surface area contributed by atoms with Crippen LogP contribution in [0.3, 0.4) is 0 Å². The normalized spacial score (nSPS) is 24.8. The van der Waals surface area contributed by atoms with E-state index >= 15 is 0 Å². The Balaban J connectivity index is 1.37. The molecule has 3 fully saturated rings. The van der Waals surface area contributed by atoms with Gasteiger partial charge in [0.15, 0.2) is 10.1 Å². The van der Waals surface area contributed by atoms with Crippen LogP contribution in [-0.2, 0) is 0 Å². The number of carbonyl (C=O) groups is 1. The van der Waals surface area contributed by atoms with Gasteiger partial charge in [-0.25, -0.2) is 0 Å². The number of fused-ring (bicyclic) bond motifs is 3. The summed E-state index contributed by atoms with van der Waals surface area (Å²) in [4.78, 5) is 15.0. The highest BCUT2D eigenvalue weighted by Crippen LogP contribution is 2.34. The highest BCUT2D eigenvalue weighted by Gasteiger charge is 2.34. The van der Waals surface area contributed by atoms with Crippen molar-refractivity contribution in [3.05, 3.63) is 42.0 Å². The van der Waals surface area contributed by atoms with Gasteiger partial charge in [-0.2, -0.15) is 0 Å². The molecule has 4 heterocycles. The third-order valence-corrected chi connectivity index (χ3v) is 5.99. The standard InChI is InChI=1S/C19H22N2O3S/c1-23-17-6-7-18(25-17)24-15-4-2-14(3-5-15)19(22)20-16-12-21-10-8-13(16)9-11-21/h2-7,13,16H,8-12H2,1H3,(H,20,22)/t16-/m0/s1. The van der Waals surface area contributed by atoms with E-state index in [1.807, 2.05) is 36.4 Å². The van der Waals surface area contributed by atoms with E-state index in [0.29, 0.717) is 17.2 Å². The van der Waals surface area contributed by atoms with Gasteiger partial charge in [-0.3, -0.25) is 4.79 Å². The van der Waals surface area contributed by atoms with Crippen LogP contribution >= 0.6 is 11.3 Å². The smallest absolute Gasteiger partial charge is 0.251 e. The molecule has 3 aliphatic heterocycles. The van der Waals surface area contributed by atoms with Gasteiger partial charge >= 0.3 is 0 Å². The Bertz CT molecular complexity index is 735. The van der Waals surface area contributed by atoms with E-state index < -0.39 is 0 Å². The zero-order valence-corrected chi connectivity index (χ0v) is 15.1. The van der Waals surface area contributed by atoms with Gasteiger partial charge < -0.3 is 19.7 Å². The van der Waals surface area contributed by atoms with Crippen molar-refractivity contribution in [1.82, 2.24) is 10.2 Å². The summed E-state index contributed by atoms with van der Waals surface area (Å²) in [7, 11) is 1.64. The van der Waals surface area contributed by atoms with Crippen LogP contribution in [0.15, 0.2) is 36.4 Å². The molecule has 0 spiro atoms. The Kier molecular flexibility index (Phi) is 4.63. The second-order valence-electron chi connectivity index (χ2n) is 6.62. The quantitative estimate of drug-likeness (QED) is 0.890. The number of nitrogens with one attached hydrogen (secondary N) is 1. The molecule has 5 nitrogen and oxygen atoms in total. The van der Waals surface area contributed by atoms with E-state index in [-0.39, 0.29) is 11.9 Å². The molecule has 1 amide bonds. The molecule has 1 atom stereocenters. The number of hydrogen-bond acceptors (Lipinski definition) is 5. The molecular formula is C19H22N2O3S. The predicted octanol–water partition coefficient (Wildman–Crippen LogP) is 3.37. The number of piperidine rings is 3. The first-order valence-corrected chi connectivity index (χ1v) is 9.48. The molecule has 2 aromatic rings. The molecule has 0 saturated carbocycles. The highest BCUT2D eigenvalue weighted by molar-refractivity contribution is 7.15. The maximum Gasteiger partial charge on any atom is 0.251 e. The molecule has 0 unspecified atom stereocenters. The number of thiophene rings is 1. The first kappa shape index (κ1) is 16.4. The van der Waals surface area contributed by atoms with E-state index in [1.165, 1.54) is 37.3 Å². The molecule has 3 aliphatic rings. The zero-order chi connectivity index (χ0) is 17.2. The van der Waals surface area contributed by atoms with Gasteiger partial charge in [0.1, 0.15) is 5.75 Å². The van der Waals surface area contributed by atoms with Crippen molar-refractivity contribution in [3.63, 3.8) is 0 Å². The van der Waals surface area contributed by atoms with Crippen molar-refractivity contribution in [2.45, 2.75) is 18.9 Å². The number of benzene rings is 1. The monoisotopic (exact) mass is 358 g/mol. The molecule has 2 bridgehead atoms. The van der Waals surface area contributed by atoms with Crippen LogP contribution in [-0.4, -0.2) is 43.6 Å². The van der Waals surface area contributed by atoms with Crippen molar-refractivity contribution in [2.75, 3.05) is 26.7 Å². The van der Waals surface area contributed by atoms with E-state index in [1.54, 1.807) is 7.11 Å². The summed E-state index contributed by atoms with van der Waals surface area (Å²) in [5.41, 5.74) is 0.674. The molecule has 1 N–H and O–H groups in total. The summed E-state index contributed by atoms with van der Waals surface area (Å²) >= 11 is 1.44. The summed E-state index contributed by atoms with van der Waals surface area (Å²) < 4.78 is 10.9. The highest BCUT2D eigenvalue weighted by atomic mass is 32.1. The summed E-state index contributed by atoms with van der Waals surface area (Å²) in [6.45, 7) is 3.34. The summed E-state index contributed by atoms with van der Waals surface area (Å²) in [5, 5.41) is 4.78. The number of methoxy groups -OCH3 is 1. The molecule has 6 heteroatoms. The number of amides is 1.